The predicted octanol–water partition coefficient (Wildman–Crippen LogP) is 0.913. The summed E-state index contributed by atoms with van der Waals surface area (Å²) < 4.78 is 0. The number of phenolic OH excluding ortho intramolecular Hbond substituents is 3. The molecule has 0 radical (unpaired) electrons. The number of phenols is 3. The van der Waals surface area contributed by atoms with Crippen LogP contribution in [0.25, 0.3) is 0 Å². The molecule has 0 heterocycles. The third-order valence-electron chi connectivity index (χ3n) is 3.27. The highest BCUT2D eigenvalue weighted by molar-refractivity contribution is 5.81. The van der Waals surface area contributed by atoms with Crippen LogP contribution in [0.4, 0.5) is 0 Å². The van der Waals surface area contributed by atoms with Crippen LogP contribution in [0.2, 0.25) is 0 Å². The van der Waals surface area contributed by atoms with E-state index in [1.165, 1.54) is 12.1 Å². The summed E-state index contributed by atoms with van der Waals surface area (Å²) in [4.78, 5) is 12.0. The van der Waals surface area contributed by atoms with Gasteiger partial charge in [-0.3, -0.25) is 9.80 Å². The standard InChI is InChI=1S/C14H23N3O4/c1-2-3-4-5-10(15)14(21)17(16)8-9-6-7-11(18)13(20)12(9)19/h6-7,10,18-20H,2-5,8,15-16H2,1H3. The molecule has 7 nitrogen and oxygen atoms in total. The molecule has 1 unspecified atom stereocenters. The molecule has 1 rings (SSSR count). The molecule has 0 aromatic heterocycles. The van der Waals surface area contributed by atoms with Gasteiger partial charge in [0.25, 0.3) is 5.91 Å². The van der Waals surface area contributed by atoms with E-state index in [-0.39, 0.29) is 12.1 Å². The monoisotopic (exact) mass is 297 g/mol. The largest absolute Gasteiger partial charge is 0.504 e. The maximum absolute atomic E-state index is 12.0. The normalized spacial score (nSPS) is 12.1. The van der Waals surface area contributed by atoms with Crippen LogP contribution < -0.4 is 11.6 Å². The molecule has 0 aliphatic carbocycles. The third-order valence-corrected chi connectivity index (χ3v) is 3.27. The van der Waals surface area contributed by atoms with E-state index in [2.05, 4.69) is 6.92 Å². The number of benzene rings is 1. The van der Waals surface area contributed by atoms with Gasteiger partial charge in [0, 0.05) is 5.56 Å². The summed E-state index contributed by atoms with van der Waals surface area (Å²) in [5.41, 5.74) is 6.01. The zero-order chi connectivity index (χ0) is 16.0. The first kappa shape index (κ1) is 17.1. The molecular formula is C14H23N3O4. The fourth-order valence-corrected chi connectivity index (χ4v) is 1.95. The number of hydrogen-bond acceptors (Lipinski definition) is 6. The fraction of sp³-hybridized carbons (Fsp3) is 0.500. The quantitative estimate of drug-likeness (QED) is 0.167. The Kier molecular flexibility index (Phi) is 6.26. The molecule has 0 saturated heterocycles. The van der Waals surface area contributed by atoms with Crippen LogP contribution >= 0.6 is 0 Å². The van der Waals surface area contributed by atoms with E-state index in [0.717, 1.165) is 24.3 Å². The first-order valence-electron chi connectivity index (χ1n) is 6.92. The van der Waals surface area contributed by atoms with Gasteiger partial charge in [-0.05, 0) is 18.6 Å². The van der Waals surface area contributed by atoms with E-state index in [1.807, 2.05) is 0 Å². The van der Waals surface area contributed by atoms with E-state index < -0.39 is 29.2 Å². The summed E-state index contributed by atoms with van der Waals surface area (Å²) in [6, 6.07) is 1.90. The van der Waals surface area contributed by atoms with Gasteiger partial charge in [-0.15, -0.1) is 0 Å². The fourth-order valence-electron chi connectivity index (χ4n) is 1.95. The number of nitrogens with zero attached hydrogens (tertiary/aromatic N) is 1. The average molecular weight is 297 g/mol. The Morgan fingerprint density at radius 3 is 2.52 bits per heavy atom. The topological polar surface area (TPSA) is 133 Å². The van der Waals surface area contributed by atoms with Crippen molar-refractivity contribution in [2.75, 3.05) is 0 Å². The van der Waals surface area contributed by atoms with Crippen LogP contribution in [0.15, 0.2) is 12.1 Å². The minimum Gasteiger partial charge on any atom is -0.504 e. The van der Waals surface area contributed by atoms with Gasteiger partial charge in [-0.2, -0.15) is 0 Å². The van der Waals surface area contributed by atoms with Crippen LogP contribution in [0.1, 0.15) is 38.2 Å². The molecule has 21 heavy (non-hydrogen) atoms. The molecule has 0 aliphatic rings. The molecule has 0 saturated carbocycles. The molecule has 1 atom stereocenters. The molecule has 0 fully saturated rings. The van der Waals surface area contributed by atoms with Crippen molar-refractivity contribution in [3.63, 3.8) is 0 Å². The lowest BCUT2D eigenvalue weighted by molar-refractivity contribution is -0.133. The number of carbonyl (C=O) groups excluding carboxylic acids is 1. The van der Waals surface area contributed by atoms with Gasteiger partial charge in [0.1, 0.15) is 0 Å². The van der Waals surface area contributed by atoms with Crippen LogP contribution in [0.3, 0.4) is 0 Å². The molecule has 7 heteroatoms. The molecule has 1 aromatic rings. The highest BCUT2D eigenvalue weighted by Gasteiger charge is 2.20. The molecule has 1 aromatic carbocycles. The summed E-state index contributed by atoms with van der Waals surface area (Å²) in [7, 11) is 0. The lowest BCUT2D eigenvalue weighted by atomic mass is 10.1. The summed E-state index contributed by atoms with van der Waals surface area (Å²) in [6.45, 7) is 1.95. The van der Waals surface area contributed by atoms with Crippen molar-refractivity contribution in [3.05, 3.63) is 17.7 Å². The van der Waals surface area contributed by atoms with Gasteiger partial charge in [0.05, 0.1) is 12.6 Å². The van der Waals surface area contributed by atoms with E-state index in [0.29, 0.717) is 6.42 Å². The highest BCUT2D eigenvalue weighted by Crippen LogP contribution is 2.37. The van der Waals surface area contributed by atoms with Crippen LogP contribution in [0, 0.1) is 0 Å². The van der Waals surface area contributed by atoms with Gasteiger partial charge >= 0.3 is 0 Å². The average Bonchev–Trinajstić information content (AvgIpc) is 2.47. The summed E-state index contributed by atoms with van der Waals surface area (Å²) >= 11 is 0. The van der Waals surface area contributed by atoms with Crippen molar-refractivity contribution in [2.45, 2.75) is 45.2 Å². The number of aromatic hydroxyl groups is 3. The Morgan fingerprint density at radius 2 is 1.90 bits per heavy atom. The van der Waals surface area contributed by atoms with Crippen molar-refractivity contribution in [1.82, 2.24) is 5.01 Å². The van der Waals surface area contributed by atoms with E-state index in [4.69, 9.17) is 11.6 Å². The number of hydrazine groups is 1. The number of rotatable bonds is 7. The first-order chi connectivity index (χ1) is 9.88. The first-order valence-corrected chi connectivity index (χ1v) is 6.92. The summed E-state index contributed by atoms with van der Waals surface area (Å²) in [6.07, 6.45) is 3.43. The Balaban J connectivity index is 2.66. The zero-order valence-corrected chi connectivity index (χ0v) is 12.1. The highest BCUT2D eigenvalue weighted by atomic mass is 16.3. The molecule has 0 bridgehead atoms. The van der Waals surface area contributed by atoms with Gasteiger partial charge in [-0.25, -0.2) is 5.84 Å². The number of unbranched alkanes of at least 4 members (excludes halogenated alkanes) is 2. The SMILES string of the molecule is CCCCCC(N)C(=O)N(N)Cc1ccc(O)c(O)c1O. The third kappa shape index (κ3) is 4.51. The van der Waals surface area contributed by atoms with Crippen molar-refractivity contribution >= 4 is 5.91 Å². The molecule has 0 spiro atoms. The van der Waals surface area contributed by atoms with Crippen molar-refractivity contribution < 1.29 is 20.1 Å². The summed E-state index contributed by atoms with van der Waals surface area (Å²) in [5, 5.41) is 29.2. The Bertz CT molecular complexity index is 493. The molecular weight excluding hydrogens is 274 g/mol. The van der Waals surface area contributed by atoms with Gasteiger partial charge in [-0.1, -0.05) is 26.2 Å². The molecule has 7 N–H and O–H groups in total. The van der Waals surface area contributed by atoms with Crippen LogP contribution in [0.5, 0.6) is 17.2 Å². The number of carbonyl (C=O) groups is 1. The van der Waals surface area contributed by atoms with Crippen LogP contribution in [-0.2, 0) is 11.3 Å². The van der Waals surface area contributed by atoms with E-state index >= 15 is 0 Å². The smallest absolute Gasteiger partial charge is 0.253 e. The minimum atomic E-state index is -0.686. The second-order valence-electron chi connectivity index (χ2n) is 5.01. The zero-order valence-electron chi connectivity index (χ0n) is 12.1. The van der Waals surface area contributed by atoms with Crippen molar-refractivity contribution in [1.29, 1.82) is 0 Å². The lowest BCUT2D eigenvalue weighted by Crippen LogP contribution is -2.47. The number of amides is 1. The number of nitrogens with two attached hydrogens (primary N) is 2. The second-order valence-corrected chi connectivity index (χ2v) is 5.01. The maximum atomic E-state index is 12.0. The Labute approximate surface area is 123 Å². The minimum absolute atomic E-state index is 0.111. The second kappa shape index (κ2) is 7.70. The van der Waals surface area contributed by atoms with Crippen molar-refractivity contribution in [3.8, 4) is 17.2 Å². The van der Waals surface area contributed by atoms with Crippen LogP contribution in [-0.4, -0.2) is 32.3 Å². The van der Waals surface area contributed by atoms with Crippen molar-refractivity contribution in [2.24, 2.45) is 11.6 Å². The Hall–Kier alpha value is -1.99. The molecule has 1 amide bonds. The Morgan fingerprint density at radius 1 is 1.24 bits per heavy atom. The number of hydrogen-bond donors (Lipinski definition) is 5. The molecule has 0 aliphatic heterocycles. The lowest BCUT2D eigenvalue weighted by Gasteiger charge is -2.21. The maximum Gasteiger partial charge on any atom is 0.253 e. The summed E-state index contributed by atoms with van der Waals surface area (Å²) in [5.74, 6) is 3.65. The predicted molar refractivity (Wildman–Crippen MR) is 78.3 cm³/mol. The van der Waals surface area contributed by atoms with Gasteiger partial charge < -0.3 is 21.1 Å². The van der Waals surface area contributed by atoms with E-state index in [1.54, 1.807) is 0 Å². The van der Waals surface area contributed by atoms with Gasteiger partial charge in [0.15, 0.2) is 11.5 Å². The van der Waals surface area contributed by atoms with Gasteiger partial charge in [0.2, 0.25) is 5.75 Å². The molecule has 118 valence electrons. The van der Waals surface area contributed by atoms with E-state index in [9.17, 15) is 20.1 Å².